The highest BCUT2D eigenvalue weighted by Gasteiger charge is 2.34. The second-order valence-corrected chi connectivity index (χ2v) is 8.05. The van der Waals surface area contributed by atoms with Crippen molar-refractivity contribution in [2.45, 2.75) is 37.9 Å². The van der Waals surface area contributed by atoms with Crippen molar-refractivity contribution in [1.29, 1.82) is 0 Å². The molecule has 1 saturated heterocycles. The van der Waals surface area contributed by atoms with Crippen molar-refractivity contribution in [3.8, 4) is 0 Å². The average Bonchev–Trinajstić information content (AvgIpc) is 2.88. The van der Waals surface area contributed by atoms with Crippen LogP contribution in [0.5, 0.6) is 0 Å². The van der Waals surface area contributed by atoms with Gasteiger partial charge in [-0.25, -0.2) is 12.7 Å². The van der Waals surface area contributed by atoms with Crippen LogP contribution in [-0.4, -0.2) is 55.3 Å². The summed E-state index contributed by atoms with van der Waals surface area (Å²) in [4.78, 5) is 6.20. The van der Waals surface area contributed by atoms with Crippen LogP contribution in [0.2, 0.25) is 0 Å². The first-order valence-electron chi connectivity index (χ1n) is 6.82. The van der Waals surface area contributed by atoms with E-state index in [9.17, 15) is 8.42 Å². The van der Waals surface area contributed by atoms with Crippen LogP contribution in [0.25, 0.3) is 0 Å². The predicted molar refractivity (Wildman–Crippen MR) is 76.2 cm³/mol. The molecule has 7 nitrogen and oxygen atoms in total. The van der Waals surface area contributed by atoms with E-state index in [2.05, 4.69) is 10.1 Å². The van der Waals surface area contributed by atoms with Crippen LogP contribution in [0.4, 0.5) is 6.01 Å². The second kappa shape index (κ2) is 5.69. The van der Waals surface area contributed by atoms with Crippen molar-refractivity contribution >= 4 is 16.0 Å². The van der Waals surface area contributed by atoms with Crippen LogP contribution in [0.1, 0.15) is 38.4 Å². The quantitative estimate of drug-likeness (QED) is 0.827. The topological polar surface area (TPSA) is 79.5 Å². The third-order valence-electron chi connectivity index (χ3n) is 3.53. The molecule has 0 spiro atoms. The lowest BCUT2D eigenvalue weighted by molar-refractivity contribution is 0.391. The van der Waals surface area contributed by atoms with Crippen LogP contribution >= 0.6 is 0 Å². The number of aromatic nitrogens is 2. The van der Waals surface area contributed by atoms with Crippen LogP contribution in [0.3, 0.4) is 0 Å². The minimum atomic E-state index is -3.25. The Bertz CT molecular complexity index is 553. The first kappa shape index (κ1) is 15.2. The summed E-state index contributed by atoms with van der Waals surface area (Å²) in [6.45, 7) is 5.13. The number of hydrogen-bond donors (Lipinski definition) is 0. The molecule has 8 heteroatoms. The minimum absolute atomic E-state index is 0.193. The van der Waals surface area contributed by atoms with Gasteiger partial charge in [0.2, 0.25) is 10.0 Å². The lowest BCUT2D eigenvalue weighted by atomic mass is 10.1. The number of hydrogen-bond acceptors (Lipinski definition) is 6. The van der Waals surface area contributed by atoms with E-state index in [-0.39, 0.29) is 5.92 Å². The molecule has 0 amide bonds. The van der Waals surface area contributed by atoms with Crippen molar-refractivity contribution in [3.05, 3.63) is 5.82 Å². The molecule has 0 saturated carbocycles. The Morgan fingerprint density at radius 2 is 2.10 bits per heavy atom. The molecule has 0 bridgehead atoms. The molecule has 2 rings (SSSR count). The minimum Gasteiger partial charge on any atom is -0.323 e. The van der Waals surface area contributed by atoms with E-state index in [0.29, 0.717) is 24.8 Å². The Hall–Kier alpha value is -1.15. The van der Waals surface area contributed by atoms with E-state index in [4.69, 9.17) is 4.52 Å². The maximum absolute atomic E-state index is 12.2. The summed E-state index contributed by atoms with van der Waals surface area (Å²) in [6, 6.07) is 0.423. The smallest absolute Gasteiger partial charge is 0.323 e. The SMILES string of the molecule is CC(C)c1noc(N2CCCC(S(=O)(=O)N(C)C)C2)n1. The normalized spacial score (nSPS) is 20.9. The van der Waals surface area contributed by atoms with E-state index >= 15 is 0 Å². The van der Waals surface area contributed by atoms with Gasteiger partial charge in [0.25, 0.3) is 0 Å². The summed E-state index contributed by atoms with van der Waals surface area (Å²) in [6.07, 6.45) is 1.47. The van der Waals surface area contributed by atoms with Gasteiger partial charge in [0.1, 0.15) is 0 Å². The standard InChI is InChI=1S/C12H22N4O3S/c1-9(2)11-13-12(19-14-11)16-7-5-6-10(8-16)20(17,18)15(3)4/h9-10H,5-8H2,1-4H3. The van der Waals surface area contributed by atoms with Gasteiger partial charge in [-0.1, -0.05) is 19.0 Å². The Kier molecular flexibility index (Phi) is 4.33. The zero-order chi connectivity index (χ0) is 14.9. The van der Waals surface area contributed by atoms with E-state index in [1.807, 2.05) is 18.7 Å². The largest absolute Gasteiger partial charge is 0.324 e. The van der Waals surface area contributed by atoms with E-state index < -0.39 is 15.3 Å². The molecule has 1 aromatic rings. The lowest BCUT2D eigenvalue weighted by Crippen LogP contribution is -2.46. The third kappa shape index (κ3) is 2.95. The van der Waals surface area contributed by atoms with Gasteiger partial charge in [0.15, 0.2) is 5.82 Å². The number of nitrogens with zero attached hydrogens (tertiary/aromatic N) is 4. The van der Waals surface area contributed by atoms with Crippen molar-refractivity contribution in [3.63, 3.8) is 0 Å². The summed E-state index contributed by atoms with van der Waals surface area (Å²) in [5.41, 5.74) is 0. The van der Waals surface area contributed by atoms with E-state index in [1.54, 1.807) is 14.1 Å². The van der Waals surface area contributed by atoms with Crippen molar-refractivity contribution in [1.82, 2.24) is 14.4 Å². The molecule has 1 fully saturated rings. The van der Waals surface area contributed by atoms with Crippen LogP contribution in [0, 0.1) is 0 Å². The highest BCUT2D eigenvalue weighted by molar-refractivity contribution is 7.89. The number of rotatable bonds is 4. The molecule has 1 atom stereocenters. The van der Waals surface area contributed by atoms with Gasteiger partial charge < -0.3 is 9.42 Å². The summed E-state index contributed by atoms with van der Waals surface area (Å²) >= 11 is 0. The van der Waals surface area contributed by atoms with Gasteiger partial charge in [0.05, 0.1) is 5.25 Å². The van der Waals surface area contributed by atoms with Gasteiger partial charge in [-0.3, -0.25) is 0 Å². The predicted octanol–water partition coefficient (Wildman–Crippen LogP) is 1.05. The van der Waals surface area contributed by atoms with Crippen LogP contribution < -0.4 is 4.90 Å². The Balaban J connectivity index is 2.14. The molecule has 0 aliphatic carbocycles. The summed E-state index contributed by atoms with van der Waals surface area (Å²) in [5.74, 6) is 0.844. The summed E-state index contributed by atoms with van der Waals surface area (Å²) < 4.78 is 30.9. The van der Waals surface area contributed by atoms with Gasteiger partial charge in [-0.15, -0.1) is 0 Å². The monoisotopic (exact) mass is 302 g/mol. The molecule has 0 aromatic carbocycles. The summed E-state index contributed by atoms with van der Waals surface area (Å²) in [7, 11) is -0.114. The van der Waals surface area contributed by atoms with Gasteiger partial charge >= 0.3 is 6.01 Å². The molecule has 1 aliphatic heterocycles. The molecule has 114 valence electrons. The Morgan fingerprint density at radius 1 is 1.40 bits per heavy atom. The van der Waals surface area contributed by atoms with E-state index in [0.717, 1.165) is 13.0 Å². The molecule has 1 aliphatic rings. The third-order valence-corrected chi connectivity index (χ3v) is 5.77. The molecular formula is C12H22N4O3S. The van der Waals surface area contributed by atoms with Gasteiger partial charge in [-0.05, 0) is 12.8 Å². The molecule has 0 radical (unpaired) electrons. The highest BCUT2D eigenvalue weighted by atomic mass is 32.2. The fourth-order valence-electron chi connectivity index (χ4n) is 2.24. The molecule has 1 aromatic heterocycles. The Labute approximate surface area is 120 Å². The van der Waals surface area contributed by atoms with Crippen molar-refractivity contribution in [2.75, 3.05) is 32.1 Å². The van der Waals surface area contributed by atoms with E-state index in [1.165, 1.54) is 4.31 Å². The zero-order valence-corrected chi connectivity index (χ0v) is 13.2. The number of piperidine rings is 1. The first-order valence-corrected chi connectivity index (χ1v) is 8.32. The second-order valence-electron chi connectivity index (χ2n) is 5.63. The lowest BCUT2D eigenvalue weighted by Gasteiger charge is -2.32. The molecular weight excluding hydrogens is 280 g/mol. The van der Waals surface area contributed by atoms with Gasteiger partial charge in [0, 0.05) is 33.1 Å². The maximum Gasteiger partial charge on any atom is 0.324 e. The Morgan fingerprint density at radius 3 is 2.65 bits per heavy atom. The summed E-state index contributed by atoms with van der Waals surface area (Å²) in [5, 5.41) is 3.51. The van der Waals surface area contributed by atoms with Gasteiger partial charge in [-0.2, -0.15) is 4.98 Å². The fourth-order valence-corrected chi connectivity index (χ4v) is 3.67. The maximum atomic E-state index is 12.2. The highest BCUT2D eigenvalue weighted by Crippen LogP contribution is 2.24. The average molecular weight is 302 g/mol. The van der Waals surface area contributed by atoms with Crippen molar-refractivity contribution in [2.24, 2.45) is 0 Å². The first-order chi connectivity index (χ1) is 9.32. The van der Waals surface area contributed by atoms with Crippen LogP contribution in [0.15, 0.2) is 4.52 Å². The number of sulfonamides is 1. The molecule has 1 unspecified atom stereocenters. The molecule has 20 heavy (non-hydrogen) atoms. The fraction of sp³-hybridized carbons (Fsp3) is 0.833. The number of anilines is 1. The zero-order valence-electron chi connectivity index (χ0n) is 12.4. The molecule has 0 N–H and O–H groups in total. The molecule has 2 heterocycles. The van der Waals surface area contributed by atoms with Crippen LogP contribution in [-0.2, 0) is 10.0 Å². The van der Waals surface area contributed by atoms with Crippen molar-refractivity contribution < 1.29 is 12.9 Å².